The summed E-state index contributed by atoms with van der Waals surface area (Å²) < 4.78 is 0.763. The summed E-state index contributed by atoms with van der Waals surface area (Å²) in [6.07, 6.45) is 0.177. The molecule has 0 fully saturated rings. The summed E-state index contributed by atoms with van der Waals surface area (Å²) >= 11 is 9.14. The highest BCUT2D eigenvalue weighted by Crippen LogP contribution is 2.22. The lowest BCUT2D eigenvalue weighted by Gasteiger charge is -2.14. The van der Waals surface area contributed by atoms with E-state index in [2.05, 4.69) is 21.2 Å². The number of carboxylic acid groups (broad SMARTS) is 1. The van der Waals surface area contributed by atoms with Crippen LogP contribution in [0.3, 0.4) is 0 Å². The van der Waals surface area contributed by atoms with E-state index < -0.39 is 12.0 Å². The van der Waals surface area contributed by atoms with E-state index in [0.717, 1.165) is 10.0 Å². The van der Waals surface area contributed by atoms with E-state index in [9.17, 15) is 9.59 Å². The molecule has 0 aliphatic rings. The minimum absolute atomic E-state index is 0.177. The third kappa shape index (κ3) is 4.36. The summed E-state index contributed by atoms with van der Waals surface area (Å²) in [6.45, 7) is 1.28. The van der Waals surface area contributed by atoms with Crippen molar-refractivity contribution >= 4 is 39.4 Å². The van der Waals surface area contributed by atoms with Crippen LogP contribution in [0.5, 0.6) is 0 Å². The minimum atomic E-state index is -1.08. The van der Waals surface area contributed by atoms with Crippen molar-refractivity contribution in [1.82, 2.24) is 5.32 Å². The molecule has 0 saturated heterocycles. The molecule has 0 aromatic heterocycles. The maximum Gasteiger partial charge on any atom is 0.326 e. The molecule has 0 aliphatic carbocycles. The zero-order valence-corrected chi connectivity index (χ0v) is 11.4. The molecule has 1 amide bonds. The van der Waals surface area contributed by atoms with Gasteiger partial charge in [-0.05, 0) is 23.8 Å². The highest BCUT2D eigenvalue weighted by atomic mass is 79.9. The Labute approximate surface area is 112 Å². The number of carbonyl (C=O) groups is 2. The average Bonchev–Trinajstić information content (AvgIpc) is 2.21. The summed E-state index contributed by atoms with van der Waals surface area (Å²) in [7, 11) is 0. The average molecular weight is 321 g/mol. The Morgan fingerprint density at radius 2 is 2.18 bits per heavy atom. The number of hydrogen-bond donors (Lipinski definition) is 2. The normalized spacial score (nSPS) is 11.9. The van der Waals surface area contributed by atoms with Gasteiger partial charge in [-0.2, -0.15) is 0 Å². The second kappa shape index (κ2) is 6.02. The first kappa shape index (κ1) is 14.0. The molecule has 2 N–H and O–H groups in total. The summed E-state index contributed by atoms with van der Waals surface area (Å²) in [6, 6.07) is 4.15. The quantitative estimate of drug-likeness (QED) is 0.894. The van der Waals surface area contributed by atoms with Gasteiger partial charge in [-0.25, -0.2) is 4.79 Å². The fraction of sp³-hybridized carbons (Fsp3) is 0.273. The van der Waals surface area contributed by atoms with Gasteiger partial charge < -0.3 is 10.4 Å². The number of carbonyl (C=O) groups excluding carboxylic acids is 1. The molecule has 1 rings (SSSR count). The Hall–Kier alpha value is -1.07. The second-order valence-corrected chi connectivity index (χ2v) is 4.82. The van der Waals surface area contributed by atoms with Crippen molar-refractivity contribution in [3.8, 4) is 0 Å². The zero-order chi connectivity index (χ0) is 13.0. The lowest BCUT2D eigenvalue weighted by atomic mass is 10.1. The molecule has 1 atom stereocenters. The number of aliphatic carboxylic acids is 1. The van der Waals surface area contributed by atoms with E-state index in [-0.39, 0.29) is 12.3 Å². The van der Waals surface area contributed by atoms with Gasteiger partial charge in [0, 0.05) is 22.8 Å². The van der Waals surface area contributed by atoms with Gasteiger partial charge in [-0.1, -0.05) is 27.5 Å². The van der Waals surface area contributed by atoms with Crippen LogP contribution in [0.25, 0.3) is 0 Å². The van der Waals surface area contributed by atoms with Crippen LogP contribution in [0.15, 0.2) is 22.7 Å². The summed E-state index contributed by atoms with van der Waals surface area (Å²) in [5.41, 5.74) is 0.735. The highest BCUT2D eigenvalue weighted by Gasteiger charge is 2.20. The van der Waals surface area contributed by atoms with Crippen LogP contribution >= 0.6 is 27.5 Å². The van der Waals surface area contributed by atoms with Crippen molar-refractivity contribution in [2.24, 2.45) is 0 Å². The summed E-state index contributed by atoms with van der Waals surface area (Å²) in [4.78, 5) is 21.9. The maximum atomic E-state index is 11.0. The van der Waals surface area contributed by atoms with Crippen LogP contribution < -0.4 is 5.32 Å². The van der Waals surface area contributed by atoms with Crippen molar-refractivity contribution in [2.75, 3.05) is 0 Å². The Bertz CT molecular complexity index is 450. The Kier molecular flexibility index (Phi) is 4.96. The van der Waals surface area contributed by atoms with Gasteiger partial charge in [-0.15, -0.1) is 0 Å². The van der Waals surface area contributed by atoms with Gasteiger partial charge in [0.05, 0.1) is 0 Å². The monoisotopic (exact) mass is 319 g/mol. The van der Waals surface area contributed by atoms with Gasteiger partial charge in [0.1, 0.15) is 6.04 Å². The number of halogens is 2. The van der Waals surface area contributed by atoms with Gasteiger partial charge in [0.2, 0.25) is 5.91 Å². The van der Waals surface area contributed by atoms with Crippen LogP contribution in [0.1, 0.15) is 12.5 Å². The van der Waals surface area contributed by atoms with Crippen molar-refractivity contribution in [3.63, 3.8) is 0 Å². The topological polar surface area (TPSA) is 66.4 Å². The number of nitrogens with one attached hydrogen (secondary N) is 1. The molecule has 1 aromatic rings. The Morgan fingerprint density at radius 3 is 2.71 bits per heavy atom. The van der Waals surface area contributed by atoms with Crippen LogP contribution in [-0.2, 0) is 16.0 Å². The van der Waals surface area contributed by atoms with E-state index in [1.165, 1.54) is 6.92 Å². The molecule has 0 radical (unpaired) electrons. The van der Waals surface area contributed by atoms with E-state index in [4.69, 9.17) is 16.7 Å². The van der Waals surface area contributed by atoms with Crippen molar-refractivity contribution in [2.45, 2.75) is 19.4 Å². The second-order valence-electron chi connectivity index (χ2n) is 3.53. The largest absolute Gasteiger partial charge is 0.480 e. The maximum absolute atomic E-state index is 11.0. The molecule has 4 nitrogen and oxygen atoms in total. The third-order valence-corrected chi connectivity index (χ3v) is 3.12. The van der Waals surface area contributed by atoms with E-state index in [1.54, 1.807) is 18.2 Å². The molecular weight excluding hydrogens is 309 g/mol. The predicted octanol–water partition coefficient (Wildman–Crippen LogP) is 2.23. The fourth-order valence-electron chi connectivity index (χ4n) is 1.37. The molecule has 1 aromatic carbocycles. The molecule has 6 heteroatoms. The molecule has 17 heavy (non-hydrogen) atoms. The molecule has 0 spiro atoms. The van der Waals surface area contributed by atoms with Crippen LogP contribution in [0, 0.1) is 0 Å². The van der Waals surface area contributed by atoms with Gasteiger partial charge in [0.25, 0.3) is 0 Å². The Morgan fingerprint density at radius 1 is 1.53 bits per heavy atom. The summed E-state index contributed by atoms with van der Waals surface area (Å²) in [5, 5.41) is 11.9. The van der Waals surface area contributed by atoms with Crippen molar-refractivity contribution in [3.05, 3.63) is 33.3 Å². The van der Waals surface area contributed by atoms with Crippen molar-refractivity contribution in [1.29, 1.82) is 0 Å². The van der Waals surface area contributed by atoms with Gasteiger partial charge in [0.15, 0.2) is 0 Å². The van der Waals surface area contributed by atoms with Gasteiger partial charge in [-0.3, -0.25) is 4.79 Å². The predicted molar refractivity (Wildman–Crippen MR) is 68.1 cm³/mol. The lowest BCUT2D eigenvalue weighted by molar-refractivity contribution is -0.141. The van der Waals surface area contributed by atoms with Gasteiger partial charge >= 0.3 is 5.97 Å². The SMILES string of the molecule is CC(=O)N[C@H](Cc1cc(Cl)ccc1Br)C(=O)O. The van der Waals surface area contributed by atoms with Crippen molar-refractivity contribution < 1.29 is 14.7 Å². The molecular formula is C11H11BrClNO3. The van der Waals surface area contributed by atoms with Crippen LogP contribution in [-0.4, -0.2) is 23.0 Å². The minimum Gasteiger partial charge on any atom is -0.480 e. The molecule has 0 saturated carbocycles. The first-order valence-electron chi connectivity index (χ1n) is 4.84. The lowest BCUT2D eigenvalue weighted by Crippen LogP contribution is -2.41. The number of amides is 1. The summed E-state index contributed by atoms with van der Waals surface area (Å²) in [5.74, 6) is -1.46. The first-order chi connectivity index (χ1) is 7.90. The molecule has 92 valence electrons. The van der Waals surface area contributed by atoms with E-state index in [0.29, 0.717) is 5.02 Å². The highest BCUT2D eigenvalue weighted by molar-refractivity contribution is 9.10. The number of hydrogen-bond acceptors (Lipinski definition) is 2. The fourth-order valence-corrected chi connectivity index (χ4v) is 1.97. The van der Waals surface area contributed by atoms with Crippen LogP contribution in [0.4, 0.5) is 0 Å². The molecule has 0 aliphatic heterocycles. The van der Waals surface area contributed by atoms with E-state index >= 15 is 0 Å². The van der Waals surface area contributed by atoms with Crippen LogP contribution in [0.2, 0.25) is 5.02 Å². The Balaban J connectivity index is 2.89. The molecule has 0 heterocycles. The first-order valence-corrected chi connectivity index (χ1v) is 6.01. The van der Waals surface area contributed by atoms with E-state index in [1.807, 2.05) is 0 Å². The molecule has 0 unspecified atom stereocenters. The number of benzene rings is 1. The smallest absolute Gasteiger partial charge is 0.326 e. The standard InChI is InChI=1S/C11H11BrClNO3/c1-6(15)14-10(11(16)17)5-7-4-8(13)2-3-9(7)12/h2-4,10H,5H2,1H3,(H,14,15)(H,16,17)/t10-/m1/s1. The zero-order valence-electron chi connectivity index (χ0n) is 9.04. The number of carboxylic acids is 1. The number of rotatable bonds is 4. The molecule has 0 bridgehead atoms. The third-order valence-electron chi connectivity index (χ3n) is 2.11.